The Labute approximate surface area is 195 Å². The number of ether oxygens (including phenoxy) is 2. The molecule has 0 radical (unpaired) electrons. The van der Waals surface area contributed by atoms with Gasteiger partial charge in [0.25, 0.3) is 0 Å². The topological polar surface area (TPSA) is 66.0 Å². The summed E-state index contributed by atoms with van der Waals surface area (Å²) in [5.41, 5.74) is -1.17. The van der Waals surface area contributed by atoms with Gasteiger partial charge in [0.2, 0.25) is 0 Å². The lowest BCUT2D eigenvalue weighted by atomic mass is 9.77. The van der Waals surface area contributed by atoms with Gasteiger partial charge >= 0.3 is 25.5 Å². The Bertz CT molecular complexity index is 892. The fourth-order valence-electron chi connectivity index (χ4n) is 2.74. The molecule has 0 atom stereocenters. The van der Waals surface area contributed by atoms with Gasteiger partial charge in [0.15, 0.2) is 0 Å². The molecule has 1 fully saturated rings. The van der Waals surface area contributed by atoms with Gasteiger partial charge in [-0.15, -0.1) is 0 Å². The Morgan fingerprint density at radius 3 is 1.94 bits per heavy atom. The third-order valence-corrected chi connectivity index (χ3v) is 5.20. The Kier molecular flexibility index (Phi) is 7.69. The van der Waals surface area contributed by atoms with Crippen molar-refractivity contribution in [2.75, 3.05) is 6.54 Å². The molecule has 1 aliphatic heterocycles. The molecule has 34 heavy (non-hydrogen) atoms. The number of halogens is 5. The molecule has 0 aliphatic carbocycles. The lowest BCUT2D eigenvalue weighted by Gasteiger charge is -2.32. The normalized spacial score (nSPS) is 18.6. The summed E-state index contributed by atoms with van der Waals surface area (Å²) in [6.45, 7) is 12.5. The minimum absolute atomic E-state index is 0.0316. The van der Waals surface area contributed by atoms with Crippen molar-refractivity contribution < 1.29 is 45.5 Å². The first-order valence-electron chi connectivity index (χ1n) is 10.5. The first-order valence-corrected chi connectivity index (χ1v) is 10.5. The first kappa shape index (κ1) is 27.9. The summed E-state index contributed by atoms with van der Waals surface area (Å²) in [4.78, 5) is 12.1. The van der Waals surface area contributed by atoms with Crippen molar-refractivity contribution in [2.45, 2.75) is 77.6 Å². The SMILES string of the molecule is CC(C)(C)OC(=O)NCC(=Cc1ccc(OC(F)(F)C(F)(F)F)cc1)B1OC(C)(C)C(C)(C)O1. The first-order chi connectivity index (χ1) is 15.2. The minimum Gasteiger partial charge on any atom is -0.444 e. The van der Waals surface area contributed by atoms with Gasteiger partial charge in [-0.05, 0) is 71.6 Å². The summed E-state index contributed by atoms with van der Waals surface area (Å²) < 4.78 is 84.4. The third-order valence-electron chi connectivity index (χ3n) is 5.20. The molecule has 1 heterocycles. The Morgan fingerprint density at radius 1 is 1.00 bits per heavy atom. The molecule has 6 nitrogen and oxygen atoms in total. The van der Waals surface area contributed by atoms with Gasteiger partial charge in [-0.2, -0.15) is 22.0 Å². The smallest absolute Gasteiger partial charge is 0.444 e. The highest BCUT2D eigenvalue weighted by Gasteiger charge is 2.61. The highest BCUT2D eigenvalue weighted by Crippen LogP contribution is 2.39. The van der Waals surface area contributed by atoms with E-state index in [0.29, 0.717) is 11.0 Å². The number of benzene rings is 1. The zero-order valence-electron chi connectivity index (χ0n) is 20.1. The van der Waals surface area contributed by atoms with Crippen molar-refractivity contribution in [2.24, 2.45) is 0 Å². The molecule has 1 amide bonds. The van der Waals surface area contributed by atoms with E-state index in [1.807, 2.05) is 27.7 Å². The maximum atomic E-state index is 13.1. The average Bonchev–Trinajstić information content (AvgIpc) is 2.84. The highest BCUT2D eigenvalue weighted by atomic mass is 19.4. The van der Waals surface area contributed by atoms with Crippen molar-refractivity contribution in [1.82, 2.24) is 5.32 Å². The summed E-state index contributed by atoms with van der Waals surface area (Å²) in [5, 5.41) is 2.61. The second kappa shape index (κ2) is 9.37. The maximum Gasteiger partial charge on any atom is 0.499 e. The van der Waals surface area contributed by atoms with Gasteiger partial charge in [-0.25, -0.2) is 4.79 Å². The summed E-state index contributed by atoms with van der Waals surface area (Å²) in [7, 11) is -0.856. The van der Waals surface area contributed by atoms with E-state index in [1.165, 1.54) is 12.1 Å². The molecular weight excluding hydrogens is 464 g/mol. The number of alkyl halides is 5. The van der Waals surface area contributed by atoms with Crippen LogP contribution in [0.5, 0.6) is 5.75 Å². The number of carbonyl (C=O) groups is 1. The maximum absolute atomic E-state index is 13.1. The van der Waals surface area contributed by atoms with E-state index in [2.05, 4.69) is 10.1 Å². The van der Waals surface area contributed by atoms with Crippen LogP contribution in [0.15, 0.2) is 29.7 Å². The van der Waals surface area contributed by atoms with Crippen molar-refractivity contribution in [3.63, 3.8) is 0 Å². The second-order valence-corrected chi connectivity index (χ2v) is 9.85. The van der Waals surface area contributed by atoms with Crippen molar-refractivity contribution >= 4 is 19.3 Å². The van der Waals surface area contributed by atoms with E-state index in [1.54, 1.807) is 26.8 Å². The van der Waals surface area contributed by atoms with Gasteiger partial charge in [0.1, 0.15) is 11.4 Å². The third kappa shape index (κ3) is 7.08. The lowest BCUT2D eigenvalue weighted by Crippen LogP contribution is -2.41. The second-order valence-electron chi connectivity index (χ2n) is 9.85. The van der Waals surface area contributed by atoms with Crippen LogP contribution in [-0.2, 0) is 14.0 Å². The van der Waals surface area contributed by atoms with Crippen molar-refractivity contribution in [3.8, 4) is 5.75 Å². The number of carbonyl (C=O) groups excluding carboxylic acids is 1. The standard InChI is InChI=1S/C22H29BF5NO5/c1-18(2,3)32-17(30)29-13-15(23-33-19(4,5)20(6,7)34-23)12-14-8-10-16(11-9-14)31-22(27,28)21(24,25)26/h8-12H,13H2,1-7H3,(H,29,30). The van der Waals surface area contributed by atoms with E-state index in [4.69, 9.17) is 14.0 Å². The number of amides is 1. The Balaban J connectivity index is 2.26. The van der Waals surface area contributed by atoms with Gasteiger partial charge in [-0.1, -0.05) is 18.2 Å². The molecule has 0 aromatic heterocycles. The fourth-order valence-corrected chi connectivity index (χ4v) is 2.74. The van der Waals surface area contributed by atoms with Crippen molar-refractivity contribution in [3.05, 3.63) is 35.3 Å². The summed E-state index contributed by atoms with van der Waals surface area (Å²) in [6.07, 6.45) is -10.3. The van der Waals surface area contributed by atoms with Crippen LogP contribution < -0.4 is 10.1 Å². The largest absolute Gasteiger partial charge is 0.499 e. The van der Waals surface area contributed by atoms with Crippen molar-refractivity contribution in [1.29, 1.82) is 0 Å². The van der Waals surface area contributed by atoms with E-state index in [-0.39, 0.29) is 6.54 Å². The van der Waals surface area contributed by atoms with Crippen LogP contribution in [0.25, 0.3) is 6.08 Å². The van der Waals surface area contributed by atoms with Crippen LogP contribution >= 0.6 is 0 Å². The van der Waals surface area contributed by atoms with Crippen LogP contribution in [0.1, 0.15) is 54.0 Å². The zero-order valence-corrected chi connectivity index (χ0v) is 20.1. The number of hydrogen-bond donors (Lipinski definition) is 1. The fraction of sp³-hybridized carbons (Fsp3) is 0.591. The van der Waals surface area contributed by atoms with Crippen LogP contribution in [0.4, 0.5) is 26.7 Å². The minimum atomic E-state index is -5.84. The number of alkyl carbamates (subject to hydrolysis) is 1. The van der Waals surface area contributed by atoms with Crippen LogP contribution in [0, 0.1) is 0 Å². The molecule has 2 rings (SSSR count). The molecule has 190 valence electrons. The number of nitrogens with one attached hydrogen (secondary N) is 1. The van der Waals surface area contributed by atoms with Gasteiger partial charge in [0, 0.05) is 6.54 Å². The molecule has 0 saturated carbocycles. The number of hydrogen-bond acceptors (Lipinski definition) is 5. The predicted octanol–water partition coefficient (Wildman–Crippen LogP) is 5.76. The zero-order chi connectivity index (χ0) is 26.2. The molecule has 1 aromatic rings. The monoisotopic (exact) mass is 493 g/mol. The number of rotatable bonds is 6. The summed E-state index contributed by atoms with van der Waals surface area (Å²) in [5.74, 6) is -0.663. The average molecular weight is 493 g/mol. The quantitative estimate of drug-likeness (QED) is 0.403. The van der Waals surface area contributed by atoms with Crippen LogP contribution in [0.2, 0.25) is 0 Å². The van der Waals surface area contributed by atoms with E-state index in [0.717, 1.165) is 12.1 Å². The van der Waals surface area contributed by atoms with E-state index in [9.17, 15) is 26.7 Å². The Hall–Kier alpha value is -2.34. The van der Waals surface area contributed by atoms with Gasteiger partial charge in [0.05, 0.1) is 11.2 Å². The molecule has 1 N–H and O–H groups in total. The molecular formula is C22H29BF5NO5. The molecule has 0 bridgehead atoms. The summed E-state index contributed by atoms with van der Waals surface area (Å²) in [6, 6.07) is 4.55. The van der Waals surface area contributed by atoms with Crippen LogP contribution in [0.3, 0.4) is 0 Å². The molecule has 1 aliphatic rings. The molecule has 1 saturated heterocycles. The molecule has 1 aromatic carbocycles. The highest BCUT2D eigenvalue weighted by molar-refractivity contribution is 6.56. The van der Waals surface area contributed by atoms with E-state index >= 15 is 0 Å². The summed E-state index contributed by atoms with van der Waals surface area (Å²) >= 11 is 0. The molecule has 0 unspecified atom stereocenters. The van der Waals surface area contributed by atoms with Gasteiger partial charge < -0.3 is 24.1 Å². The molecule has 12 heteroatoms. The Morgan fingerprint density at radius 2 is 1.50 bits per heavy atom. The predicted molar refractivity (Wildman–Crippen MR) is 116 cm³/mol. The van der Waals surface area contributed by atoms with Crippen LogP contribution in [-0.4, -0.2) is 48.8 Å². The van der Waals surface area contributed by atoms with Gasteiger partial charge in [-0.3, -0.25) is 0 Å². The lowest BCUT2D eigenvalue weighted by molar-refractivity contribution is -0.360. The molecule has 0 spiro atoms. The van der Waals surface area contributed by atoms with E-state index < -0.39 is 48.0 Å².